The van der Waals surface area contributed by atoms with Gasteiger partial charge in [-0.05, 0) is 234 Å². The monoisotopic (exact) mass is 1640 g/mol. The van der Waals surface area contributed by atoms with Crippen molar-refractivity contribution in [1.29, 1.82) is 0 Å². The number of fused-ring (bicyclic) bond motifs is 18. The Labute approximate surface area is 744 Å². The number of hydrogen-bond acceptors (Lipinski definition) is 3. The summed E-state index contributed by atoms with van der Waals surface area (Å²) in [7, 11) is 0. The van der Waals surface area contributed by atoms with Crippen LogP contribution in [0.15, 0.2) is 486 Å². The quantitative estimate of drug-likeness (QED) is 0.135. The molecule has 3 nitrogen and oxygen atoms in total. The van der Waals surface area contributed by atoms with E-state index in [1.54, 1.807) is 0 Å². The molecule has 0 saturated carbocycles. The summed E-state index contributed by atoms with van der Waals surface area (Å²) in [5.74, 6) is 0. The van der Waals surface area contributed by atoms with Gasteiger partial charge in [-0.15, -0.1) is 0 Å². The molecule has 0 radical (unpaired) electrons. The lowest BCUT2D eigenvalue weighted by atomic mass is 9.83. The second kappa shape index (κ2) is 31.1. The van der Waals surface area contributed by atoms with Crippen LogP contribution < -0.4 is 0 Å². The summed E-state index contributed by atoms with van der Waals surface area (Å²) in [5.41, 5.74) is 27.3. The van der Waals surface area contributed by atoms with E-state index in [1.165, 1.54) is 180 Å². The molecule has 0 fully saturated rings. The van der Waals surface area contributed by atoms with Crippen LogP contribution in [0.2, 0.25) is 0 Å². The van der Waals surface area contributed by atoms with Crippen molar-refractivity contribution in [3.05, 3.63) is 473 Å². The van der Waals surface area contributed by atoms with Gasteiger partial charge in [-0.3, -0.25) is 0 Å². The average molecular weight is 1640 g/mol. The molecule has 600 valence electrons. The van der Waals surface area contributed by atoms with Crippen molar-refractivity contribution in [2.24, 2.45) is 0 Å². The fraction of sp³-hybridized carbons (Fsp3) is 0. The Bertz CT molecular complexity index is 9000. The summed E-state index contributed by atoms with van der Waals surface area (Å²) in [6.45, 7) is 0. The summed E-state index contributed by atoms with van der Waals surface area (Å²) in [6.07, 6.45) is 0. The molecule has 3 heterocycles. The predicted octanol–water partition coefficient (Wildman–Crippen LogP) is 36.1. The van der Waals surface area contributed by atoms with Gasteiger partial charge in [-0.2, -0.15) is 0 Å². The van der Waals surface area contributed by atoms with E-state index >= 15 is 0 Å². The van der Waals surface area contributed by atoms with Crippen molar-refractivity contribution < 1.29 is 13.3 Å². The van der Waals surface area contributed by atoms with E-state index in [9.17, 15) is 0 Å². The van der Waals surface area contributed by atoms with E-state index in [0.717, 1.165) is 82.5 Å². The maximum atomic E-state index is 6.63. The molecule has 0 aliphatic heterocycles. The van der Waals surface area contributed by atoms with Gasteiger partial charge in [0.05, 0.1) is 0 Å². The van der Waals surface area contributed by atoms with Crippen LogP contribution >= 0.6 is 0 Å². The van der Waals surface area contributed by atoms with Gasteiger partial charge in [0, 0.05) is 43.4 Å². The summed E-state index contributed by atoms with van der Waals surface area (Å²) in [6, 6.07) is 170. The van der Waals surface area contributed by atoms with E-state index in [4.69, 9.17) is 13.3 Å². The molecular weight excluding hydrogens is 1560 g/mol. The lowest BCUT2D eigenvalue weighted by molar-refractivity contribution is 0.669. The Hall–Kier alpha value is -17.0. The van der Waals surface area contributed by atoms with Crippen LogP contribution in [-0.2, 0) is 0 Å². The maximum Gasteiger partial charge on any atom is 0.143 e. The van der Waals surface area contributed by atoms with Crippen molar-refractivity contribution in [2.45, 2.75) is 0 Å². The van der Waals surface area contributed by atoms with Crippen molar-refractivity contribution >= 4 is 163 Å². The molecule has 3 aromatic heterocycles. The highest BCUT2D eigenvalue weighted by Gasteiger charge is 2.27. The third-order valence-corrected chi connectivity index (χ3v) is 26.6. The highest BCUT2D eigenvalue weighted by Crippen LogP contribution is 2.53. The zero-order valence-corrected chi connectivity index (χ0v) is 70.3. The lowest BCUT2D eigenvalue weighted by Crippen LogP contribution is -1.93. The molecule has 0 saturated heterocycles. The normalized spacial score (nSPS) is 11.7. The van der Waals surface area contributed by atoms with Crippen LogP contribution in [0.1, 0.15) is 0 Å². The molecule has 27 aromatic rings. The molecule has 0 amide bonds. The molecule has 0 aliphatic carbocycles. The molecule has 0 spiro atoms. The van der Waals surface area contributed by atoms with E-state index in [-0.39, 0.29) is 0 Å². The van der Waals surface area contributed by atoms with Crippen molar-refractivity contribution in [3.63, 3.8) is 0 Å². The standard InChI is InChI=1S/3C42H26O/c1-2-12-28(13-3-1)31-21-11-23-37-38-26-29(24-25-39(38)43-42(31)37)40-33-17-6-8-19-35(33)41(36-20-9-7-18-34(36)40)32-22-10-15-27-14-4-5-16-30(27)32;1-2-14-28(15-3-1)40-33-19-6-8-21-35(33)41(36-22-9-7-20-34(36)40)29-25-37(31-23-12-16-27-13-4-5-17-30(27)31)42-38(26-29)32-18-10-11-24-39(32)43-42;1-2-14-28(15-3-1)41-32-19-6-8-21-34(32)42(35-22-9-7-20-33(35)41)38-25-37-31-18-10-11-24-39(31)43-40(37)26-36(38)30-23-12-16-27-13-4-5-17-29(27)30/h3*1-26H. The molecule has 3 heteroatoms. The summed E-state index contributed by atoms with van der Waals surface area (Å²) >= 11 is 0. The molecule has 0 atom stereocenters. The lowest BCUT2D eigenvalue weighted by Gasteiger charge is -2.20. The Morgan fingerprint density at radius 2 is 0.403 bits per heavy atom. The molecular formula is C126H78O3. The minimum atomic E-state index is 0.905. The Balaban J connectivity index is 0.000000105. The van der Waals surface area contributed by atoms with Crippen molar-refractivity contribution in [2.75, 3.05) is 0 Å². The molecule has 0 unspecified atom stereocenters. The first-order valence-corrected chi connectivity index (χ1v) is 44.3. The van der Waals surface area contributed by atoms with Gasteiger partial charge in [0.15, 0.2) is 0 Å². The zero-order valence-electron chi connectivity index (χ0n) is 70.3. The van der Waals surface area contributed by atoms with Crippen LogP contribution in [0, 0.1) is 0 Å². The topological polar surface area (TPSA) is 39.4 Å². The van der Waals surface area contributed by atoms with Crippen molar-refractivity contribution in [1.82, 2.24) is 0 Å². The van der Waals surface area contributed by atoms with Gasteiger partial charge in [0.25, 0.3) is 0 Å². The maximum absolute atomic E-state index is 6.63. The highest BCUT2D eigenvalue weighted by atomic mass is 16.3. The molecule has 0 aliphatic rings. The van der Waals surface area contributed by atoms with Crippen LogP contribution in [0.25, 0.3) is 263 Å². The Morgan fingerprint density at radius 3 is 0.876 bits per heavy atom. The number of rotatable bonds is 9. The first kappa shape index (κ1) is 74.6. The minimum absolute atomic E-state index is 0.905. The van der Waals surface area contributed by atoms with Gasteiger partial charge in [0.1, 0.15) is 33.5 Å². The predicted molar refractivity (Wildman–Crippen MR) is 548 cm³/mol. The summed E-state index contributed by atoms with van der Waals surface area (Å²) in [5, 5.41) is 29.3. The largest absolute Gasteiger partial charge is 0.456 e. The van der Waals surface area contributed by atoms with E-state index in [0.29, 0.717) is 0 Å². The van der Waals surface area contributed by atoms with Crippen LogP contribution in [0.5, 0.6) is 0 Å². The van der Waals surface area contributed by atoms with Crippen molar-refractivity contribution in [3.8, 4) is 100 Å². The average Bonchev–Trinajstić information content (AvgIpc) is 1.51. The number of hydrogen-bond donors (Lipinski definition) is 0. The van der Waals surface area contributed by atoms with Gasteiger partial charge < -0.3 is 13.3 Å². The molecule has 129 heavy (non-hydrogen) atoms. The summed E-state index contributed by atoms with van der Waals surface area (Å²) in [4.78, 5) is 0. The SMILES string of the molecule is c1ccc(-c2c3ccccc3c(-c3cc(-c4cccc5ccccc45)c4oc5ccccc5c4c3)c3ccccc23)cc1.c1ccc(-c2c3ccccc3c(-c3cc4c(cc3-c3cccc5ccccc35)oc3ccccc34)c3ccccc23)cc1.c1ccc(-c2cccc3c2oc2ccc(-c4c5ccccc5c(-c5cccc6ccccc56)c5ccccc45)cc23)cc1. The van der Waals surface area contributed by atoms with E-state index in [2.05, 4.69) is 461 Å². The van der Waals surface area contributed by atoms with Crippen LogP contribution in [-0.4, -0.2) is 0 Å². The first-order valence-electron chi connectivity index (χ1n) is 44.3. The third kappa shape index (κ3) is 12.5. The Morgan fingerprint density at radius 1 is 0.109 bits per heavy atom. The molecule has 24 aromatic carbocycles. The molecule has 27 rings (SSSR count). The minimum Gasteiger partial charge on any atom is -0.456 e. The number of benzene rings is 24. The van der Waals surface area contributed by atoms with Crippen LogP contribution in [0.4, 0.5) is 0 Å². The molecule has 0 bridgehead atoms. The smallest absolute Gasteiger partial charge is 0.143 e. The van der Waals surface area contributed by atoms with E-state index < -0.39 is 0 Å². The third-order valence-electron chi connectivity index (χ3n) is 26.6. The molecule has 0 N–H and O–H groups in total. The fourth-order valence-corrected chi connectivity index (χ4v) is 21.0. The number of furan rings is 3. The number of para-hydroxylation sites is 3. The van der Waals surface area contributed by atoms with Gasteiger partial charge in [-0.25, -0.2) is 0 Å². The van der Waals surface area contributed by atoms with Gasteiger partial charge >= 0.3 is 0 Å². The highest BCUT2D eigenvalue weighted by molar-refractivity contribution is 6.28. The summed E-state index contributed by atoms with van der Waals surface area (Å²) < 4.78 is 19.6. The van der Waals surface area contributed by atoms with Gasteiger partial charge in [0.2, 0.25) is 0 Å². The van der Waals surface area contributed by atoms with E-state index in [1.807, 2.05) is 12.1 Å². The first-order chi connectivity index (χ1) is 64.0. The van der Waals surface area contributed by atoms with Crippen LogP contribution in [0.3, 0.4) is 0 Å². The fourth-order valence-electron chi connectivity index (χ4n) is 21.0. The van der Waals surface area contributed by atoms with Gasteiger partial charge in [-0.1, -0.05) is 425 Å². The second-order valence-electron chi connectivity index (χ2n) is 33.7. The zero-order chi connectivity index (χ0) is 85.0. The second-order valence-corrected chi connectivity index (χ2v) is 33.7. The Kier molecular flexibility index (Phi) is 18.0.